The lowest BCUT2D eigenvalue weighted by molar-refractivity contribution is -0.132. The summed E-state index contributed by atoms with van der Waals surface area (Å²) in [5.41, 5.74) is 0.544. The van der Waals surface area contributed by atoms with Gasteiger partial charge in [-0.15, -0.1) is 0 Å². The van der Waals surface area contributed by atoms with Gasteiger partial charge in [0.2, 0.25) is 5.91 Å². The van der Waals surface area contributed by atoms with E-state index in [1.54, 1.807) is 0 Å². The number of carbonyl (C=O) groups excluding carboxylic acids is 1. The number of hydrogen-bond donors (Lipinski definition) is 2. The molecule has 1 unspecified atom stereocenters. The number of amides is 1. The number of nitrogens with one attached hydrogen (secondary N) is 2. The van der Waals surface area contributed by atoms with E-state index in [0.29, 0.717) is 16.7 Å². The summed E-state index contributed by atoms with van der Waals surface area (Å²) in [7, 11) is 0. The molecule has 0 aromatic rings. The maximum atomic E-state index is 12.7. The van der Waals surface area contributed by atoms with Crippen molar-refractivity contribution in [1.29, 1.82) is 0 Å². The number of rotatable bonds is 5. The summed E-state index contributed by atoms with van der Waals surface area (Å²) in [6.07, 6.45) is 4.24. The minimum atomic E-state index is -0.157. The Bertz CT molecular complexity index is 348. The van der Waals surface area contributed by atoms with Crippen molar-refractivity contribution in [3.63, 3.8) is 0 Å². The SMILES string of the molecule is CCCC1(C(=O)NCC2C(C)(C)C2(C)C)CCCNC1. The molecule has 1 saturated heterocycles. The summed E-state index contributed by atoms with van der Waals surface area (Å²) < 4.78 is 0. The molecule has 3 heteroatoms. The largest absolute Gasteiger partial charge is 0.355 e. The lowest BCUT2D eigenvalue weighted by Crippen LogP contribution is -2.51. The van der Waals surface area contributed by atoms with E-state index < -0.39 is 0 Å². The first kappa shape index (κ1) is 15.8. The second-order valence-corrected chi connectivity index (χ2v) is 8.02. The van der Waals surface area contributed by atoms with Crippen LogP contribution in [0.5, 0.6) is 0 Å². The highest BCUT2D eigenvalue weighted by atomic mass is 16.2. The zero-order valence-corrected chi connectivity index (χ0v) is 13.9. The monoisotopic (exact) mass is 280 g/mol. The van der Waals surface area contributed by atoms with Crippen LogP contribution < -0.4 is 10.6 Å². The molecule has 2 N–H and O–H groups in total. The molecule has 1 heterocycles. The summed E-state index contributed by atoms with van der Waals surface area (Å²) in [4.78, 5) is 12.7. The van der Waals surface area contributed by atoms with Crippen molar-refractivity contribution in [1.82, 2.24) is 10.6 Å². The number of hydrogen-bond acceptors (Lipinski definition) is 2. The van der Waals surface area contributed by atoms with Crippen LogP contribution in [-0.4, -0.2) is 25.5 Å². The number of piperidine rings is 1. The van der Waals surface area contributed by atoms with Crippen LogP contribution in [0.1, 0.15) is 60.3 Å². The predicted octanol–water partition coefficient (Wildman–Crippen LogP) is 2.95. The molecular weight excluding hydrogens is 248 g/mol. The third-order valence-electron chi connectivity index (χ3n) is 6.47. The molecule has 0 bridgehead atoms. The Morgan fingerprint density at radius 2 is 1.90 bits per heavy atom. The van der Waals surface area contributed by atoms with E-state index in [0.717, 1.165) is 45.3 Å². The molecule has 1 aliphatic carbocycles. The van der Waals surface area contributed by atoms with E-state index in [1.807, 2.05) is 0 Å². The number of carbonyl (C=O) groups is 1. The van der Waals surface area contributed by atoms with Crippen molar-refractivity contribution < 1.29 is 4.79 Å². The van der Waals surface area contributed by atoms with E-state index in [2.05, 4.69) is 45.3 Å². The highest BCUT2D eigenvalue weighted by molar-refractivity contribution is 5.83. The third kappa shape index (κ3) is 2.49. The Morgan fingerprint density at radius 3 is 2.35 bits per heavy atom. The van der Waals surface area contributed by atoms with E-state index in [1.165, 1.54) is 0 Å². The van der Waals surface area contributed by atoms with Gasteiger partial charge in [-0.1, -0.05) is 41.0 Å². The molecule has 2 aliphatic rings. The van der Waals surface area contributed by atoms with Gasteiger partial charge in [0.1, 0.15) is 0 Å². The van der Waals surface area contributed by atoms with Crippen molar-refractivity contribution in [2.24, 2.45) is 22.2 Å². The molecule has 1 atom stereocenters. The molecule has 3 nitrogen and oxygen atoms in total. The maximum absolute atomic E-state index is 12.7. The molecular formula is C17H32N2O. The van der Waals surface area contributed by atoms with E-state index in [9.17, 15) is 4.79 Å². The summed E-state index contributed by atoms with van der Waals surface area (Å²) in [5.74, 6) is 0.888. The Kier molecular flexibility index (Phi) is 4.21. The van der Waals surface area contributed by atoms with Crippen molar-refractivity contribution in [3.05, 3.63) is 0 Å². The average molecular weight is 280 g/mol. The van der Waals surface area contributed by atoms with Gasteiger partial charge in [0, 0.05) is 13.1 Å². The van der Waals surface area contributed by atoms with Crippen molar-refractivity contribution in [2.45, 2.75) is 60.3 Å². The van der Waals surface area contributed by atoms with Crippen LogP contribution >= 0.6 is 0 Å². The van der Waals surface area contributed by atoms with Crippen LogP contribution in [0.15, 0.2) is 0 Å². The highest BCUT2D eigenvalue weighted by Crippen LogP contribution is 2.67. The Balaban J connectivity index is 1.93. The first-order valence-electron chi connectivity index (χ1n) is 8.27. The van der Waals surface area contributed by atoms with Crippen molar-refractivity contribution in [2.75, 3.05) is 19.6 Å². The Hall–Kier alpha value is -0.570. The van der Waals surface area contributed by atoms with Gasteiger partial charge in [0.05, 0.1) is 5.41 Å². The molecule has 2 fully saturated rings. The summed E-state index contributed by atoms with van der Waals surface area (Å²) in [6, 6.07) is 0. The smallest absolute Gasteiger partial charge is 0.227 e. The first-order valence-corrected chi connectivity index (χ1v) is 8.27. The van der Waals surface area contributed by atoms with Gasteiger partial charge in [0.25, 0.3) is 0 Å². The third-order valence-corrected chi connectivity index (χ3v) is 6.47. The maximum Gasteiger partial charge on any atom is 0.227 e. The molecule has 1 amide bonds. The van der Waals surface area contributed by atoms with Gasteiger partial charge in [-0.25, -0.2) is 0 Å². The van der Waals surface area contributed by atoms with Gasteiger partial charge in [0.15, 0.2) is 0 Å². The van der Waals surface area contributed by atoms with Crippen LogP contribution in [-0.2, 0) is 4.79 Å². The standard InChI is InChI=1S/C17H32N2O/c1-6-8-17(9-7-10-18-12-17)14(20)19-11-13-15(2,3)16(13,4)5/h13,18H,6-12H2,1-5H3,(H,19,20). The minimum absolute atomic E-state index is 0.157. The molecule has 1 aliphatic heterocycles. The topological polar surface area (TPSA) is 41.1 Å². The Morgan fingerprint density at radius 1 is 1.25 bits per heavy atom. The average Bonchev–Trinajstić information content (AvgIpc) is 2.78. The lowest BCUT2D eigenvalue weighted by atomic mass is 9.76. The minimum Gasteiger partial charge on any atom is -0.355 e. The molecule has 0 spiro atoms. The quantitative estimate of drug-likeness (QED) is 0.813. The Labute approximate surface area is 124 Å². The van der Waals surface area contributed by atoms with Gasteiger partial charge < -0.3 is 10.6 Å². The first-order chi connectivity index (χ1) is 9.28. The van der Waals surface area contributed by atoms with Crippen LogP contribution in [0.4, 0.5) is 0 Å². The molecule has 0 aromatic carbocycles. The molecule has 20 heavy (non-hydrogen) atoms. The van der Waals surface area contributed by atoms with Gasteiger partial charge in [-0.3, -0.25) is 4.79 Å². The fraction of sp³-hybridized carbons (Fsp3) is 0.941. The van der Waals surface area contributed by atoms with Crippen molar-refractivity contribution >= 4 is 5.91 Å². The van der Waals surface area contributed by atoms with Gasteiger partial charge in [-0.2, -0.15) is 0 Å². The van der Waals surface area contributed by atoms with Crippen molar-refractivity contribution in [3.8, 4) is 0 Å². The van der Waals surface area contributed by atoms with E-state index in [-0.39, 0.29) is 11.3 Å². The molecule has 1 saturated carbocycles. The second kappa shape index (κ2) is 5.32. The van der Waals surface area contributed by atoms with E-state index in [4.69, 9.17) is 0 Å². The molecule has 0 radical (unpaired) electrons. The zero-order valence-electron chi connectivity index (χ0n) is 13.9. The van der Waals surface area contributed by atoms with Gasteiger partial charge in [-0.05, 0) is 42.6 Å². The van der Waals surface area contributed by atoms with E-state index >= 15 is 0 Å². The molecule has 2 rings (SSSR count). The summed E-state index contributed by atoms with van der Waals surface area (Å²) in [5, 5.41) is 6.69. The zero-order chi connectivity index (χ0) is 15.0. The molecule has 116 valence electrons. The normalized spacial score (nSPS) is 31.9. The van der Waals surface area contributed by atoms with Gasteiger partial charge >= 0.3 is 0 Å². The predicted molar refractivity (Wildman–Crippen MR) is 83.5 cm³/mol. The second-order valence-electron chi connectivity index (χ2n) is 8.02. The van der Waals surface area contributed by atoms with Crippen LogP contribution in [0.25, 0.3) is 0 Å². The van der Waals surface area contributed by atoms with Crippen LogP contribution in [0.3, 0.4) is 0 Å². The fourth-order valence-corrected chi connectivity index (χ4v) is 4.19. The fourth-order valence-electron chi connectivity index (χ4n) is 4.19. The van der Waals surface area contributed by atoms with Crippen LogP contribution in [0, 0.1) is 22.2 Å². The summed E-state index contributed by atoms with van der Waals surface area (Å²) >= 11 is 0. The van der Waals surface area contributed by atoms with Crippen LogP contribution in [0.2, 0.25) is 0 Å². The molecule has 0 aromatic heterocycles. The summed E-state index contributed by atoms with van der Waals surface area (Å²) in [6.45, 7) is 14.2. The lowest BCUT2D eigenvalue weighted by Gasteiger charge is -2.36. The highest BCUT2D eigenvalue weighted by Gasteiger charge is 2.64.